The third-order valence-electron chi connectivity index (χ3n) is 2.99. The molecule has 0 fully saturated rings. The standard InChI is InChI=1S/C16H19NO/c1-3-18-15-10-8-14(9-11-15)16(17)13-6-4-12(2)5-7-13/h4-11,16H,3,17H2,1-2H3/t16-/m1/s1. The van der Waals surface area contributed by atoms with E-state index in [1.807, 2.05) is 31.2 Å². The van der Waals surface area contributed by atoms with Gasteiger partial charge in [0.05, 0.1) is 12.6 Å². The molecule has 0 bridgehead atoms. The van der Waals surface area contributed by atoms with Crippen molar-refractivity contribution in [3.8, 4) is 5.75 Å². The van der Waals surface area contributed by atoms with Crippen molar-refractivity contribution in [1.82, 2.24) is 0 Å². The molecule has 0 radical (unpaired) electrons. The van der Waals surface area contributed by atoms with E-state index in [4.69, 9.17) is 10.5 Å². The lowest BCUT2D eigenvalue weighted by molar-refractivity contribution is 0.340. The van der Waals surface area contributed by atoms with Gasteiger partial charge in [-0.1, -0.05) is 42.0 Å². The molecule has 0 heterocycles. The summed E-state index contributed by atoms with van der Waals surface area (Å²) in [7, 11) is 0. The molecule has 0 aliphatic heterocycles. The largest absolute Gasteiger partial charge is 0.494 e. The van der Waals surface area contributed by atoms with E-state index in [0.29, 0.717) is 6.61 Å². The quantitative estimate of drug-likeness (QED) is 0.890. The van der Waals surface area contributed by atoms with E-state index in [1.54, 1.807) is 0 Å². The number of hydrogen-bond donors (Lipinski definition) is 1. The van der Waals surface area contributed by atoms with Crippen molar-refractivity contribution in [1.29, 1.82) is 0 Å². The highest BCUT2D eigenvalue weighted by atomic mass is 16.5. The van der Waals surface area contributed by atoms with E-state index in [9.17, 15) is 0 Å². The maximum absolute atomic E-state index is 6.25. The Kier molecular flexibility index (Phi) is 4.00. The van der Waals surface area contributed by atoms with Crippen LogP contribution in [0.1, 0.15) is 29.7 Å². The molecule has 2 N–H and O–H groups in total. The number of rotatable bonds is 4. The highest BCUT2D eigenvalue weighted by molar-refractivity contribution is 5.35. The summed E-state index contributed by atoms with van der Waals surface area (Å²) in [6.45, 7) is 4.74. The zero-order valence-electron chi connectivity index (χ0n) is 10.9. The minimum Gasteiger partial charge on any atom is -0.494 e. The normalized spacial score (nSPS) is 12.2. The summed E-state index contributed by atoms with van der Waals surface area (Å²) in [6.07, 6.45) is 0. The van der Waals surface area contributed by atoms with Crippen LogP contribution in [0, 0.1) is 6.92 Å². The molecule has 0 aromatic heterocycles. The summed E-state index contributed by atoms with van der Waals surface area (Å²) in [5, 5.41) is 0. The van der Waals surface area contributed by atoms with Gasteiger partial charge in [0, 0.05) is 0 Å². The third-order valence-corrected chi connectivity index (χ3v) is 2.99. The minimum atomic E-state index is -0.0822. The fourth-order valence-electron chi connectivity index (χ4n) is 1.90. The summed E-state index contributed by atoms with van der Waals surface area (Å²) >= 11 is 0. The van der Waals surface area contributed by atoms with Crippen LogP contribution in [0.4, 0.5) is 0 Å². The molecule has 0 unspecified atom stereocenters. The van der Waals surface area contributed by atoms with Crippen LogP contribution in [0.2, 0.25) is 0 Å². The van der Waals surface area contributed by atoms with Gasteiger partial charge in [-0.3, -0.25) is 0 Å². The second-order valence-electron chi connectivity index (χ2n) is 4.39. The van der Waals surface area contributed by atoms with Gasteiger partial charge in [0.1, 0.15) is 5.75 Å². The average Bonchev–Trinajstić information content (AvgIpc) is 2.40. The van der Waals surface area contributed by atoms with Crippen molar-refractivity contribution >= 4 is 0 Å². The molecule has 2 rings (SSSR count). The zero-order chi connectivity index (χ0) is 13.0. The van der Waals surface area contributed by atoms with Gasteiger partial charge >= 0.3 is 0 Å². The van der Waals surface area contributed by atoms with Gasteiger partial charge in [-0.2, -0.15) is 0 Å². The van der Waals surface area contributed by atoms with Crippen LogP contribution in [-0.4, -0.2) is 6.61 Å². The Balaban J connectivity index is 2.17. The molecule has 94 valence electrons. The van der Waals surface area contributed by atoms with Gasteiger partial charge in [0.2, 0.25) is 0 Å². The van der Waals surface area contributed by atoms with Gasteiger partial charge < -0.3 is 10.5 Å². The fraction of sp³-hybridized carbons (Fsp3) is 0.250. The second kappa shape index (κ2) is 5.69. The van der Waals surface area contributed by atoms with E-state index in [0.717, 1.165) is 16.9 Å². The van der Waals surface area contributed by atoms with Crippen LogP contribution < -0.4 is 10.5 Å². The Morgan fingerprint density at radius 3 is 1.94 bits per heavy atom. The number of ether oxygens (including phenoxy) is 1. The first-order valence-corrected chi connectivity index (χ1v) is 6.25. The van der Waals surface area contributed by atoms with Crippen molar-refractivity contribution in [2.45, 2.75) is 19.9 Å². The van der Waals surface area contributed by atoms with Crippen molar-refractivity contribution in [2.75, 3.05) is 6.61 Å². The smallest absolute Gasteiger partial charge is 0.119 e. The molecule has 2 nitrogen and oxygen atoms in total. The predicted molar refractivity (Wildman–Crippen MR) is 74.8 cm³/mol. The summed E-state index contributed by atoms with van der Waals surface area (Å²) < 4.78 is 5.42. The summed E-state index contributed by atoms with van der Waals surface area (Å²) in [5.74, 6) is 0.886. The zero-order valence-corrected chi connectivity index (χ0v) is 10.9. The SMILES string of the molecule is CCOc1ccc([C@H](N)c2ccc(C)cc2)cc1. The van der Waals surface area contributed by atoms with E-state index < -0.39 is 0 Å². The van der Waals surface area contributed by atoms with Crippen LogP contribution in [0.25, 0.3) is 0 Å². The summed E-state index contributed by atoms with van der Waals surface area (Å²) in [6, 6.07) is 16.2. The van der Waals surface area contributed by atoms with Crippen LogP contribution >= 0.6 is 0 Å². The van der Waals surface area contributed by atoms with Gasteiger partial charge in [0.15, 0.2) is 0 Å². The Morgan fingerprint density at radius 2 is 1.44 bits per heavy atom. The van der Waals surface area contributed by atoms with E-state index in [2.05, 4.69) is 31.2 Å². The highest BCUT2D eigenvalue weighted by Crippen LogP contribution is 2.22. The maximum atomic E-state index is 6.25. The van der Waals surface area contributed by atoms with E-state index in [-0.39, 0.29) is 6.04 Å². The molecule has 2 heteroatoms. The lowest BCUT2D eigenvalue weighted by Crippen LogP contribution is -2.11. The van der Waals surface area contributed by atoms with Crippen LogP contribution in [0.15, 0.2) is 48.5 Å². The second-order valence-corrected chi connectivity index (χ2v) is 4.39. The number of hydrogen-bond acceptors (Lipinski definition) is 2. The van der Waals surface area contributed by atoms with Crippen LogP contribution in [0.5, 0.6) is 5.75 Å². The lowest BCUT2D eigenvalue weighted by Gasteiger charge is -2.13. The highest BCUT2D eigenvalue weighted by Gasteiger charge is 2.08. The molecular weight excluding hydrogens is 222 g/mol. The van der Waals surface area contributed by atoms with E-state index >= 15 is 0 Å². The Morgan fingerprint density at radius 1 is 0.944 bits per heavy atom. The first-order chi connectivity index (χ1) is 8.70. The Bertz CT molecular complexity index is 488. The van der Waals surface area contributed by atoms with E-state index in [1.165, 1.54) is 5.56 Å². The first kappa shape index (κ1) is 12.7. The molecule has 0 spiro atoms. The molecule has 1 atom stereocenters. The molecule has 0 saturated carbocycles. The monoisotopic (exact) mass is 241 g/mol. The van der Waals surface area contributed by atoms with Crippen LogP contribution in [-0.2, 0) is 0 Å². The van der Waals surface area contributed by atoms with Crippen LogP contribution in [0.3, 0.4) is 0 Å². The molecule has 18 heavy (non-hydrogen) atoms. The van der Waals surface area contributed by atoms with Gasteiger partial charge in [-0.25, -0.2) is 0 Å². The summed E-state index contributed by atoms with van der Waals surface area (Å²) in [5.41, 5.74) is 9.73. The Hall–Kier alpha value is -1.80. The first-order valence-electron chi connectivity index (χ1n) is 6.25. The van der Waals surface area contributed by atoms with Gasteiger partial charge in [0.25, 0.3) is 0 Å². The van der Waals surface area contributed by atoms with Crippen molar-refractivity contribution in [3.05, 3.63) is 65.2 Å². The lowest BCUT2D eigenvalue weighted by atomic mass is 9.99. The summed E-state index contributed by atoms with van der Waals surface area (Å²) in [4.78, 5) is 0. The fourth-order valence-corrected chi connectivity index (χ4v) is 1.90. The van der Waals surface area contributed by atoms with Gasteiger partial charge in [-0.05, 0) is 37.1 Å². The topological polar surface area (TPSA) is 35.2 Å². The molecule has 0 aliphatic rings. The molecular formula is C16H19NO. The molecule has 2 aromatic rings. The van der Waals surface area contributed by atoms with Crippen molar-refractivity contribution < 1.29 is 4.74 Å². The minimum absolute atomic E-state index is 0.0822. The predicted octanol–water partition coefficient (Wildman–Crippen LogP) is 3.44. The van der Waals surface area contributed by atoms with Crippen molar-refractivity contribution in [2.24, 2.45) is 5.73 Å². The third kappa shape index (κ3) is 2.90. The average molecular weight is 241 g/mol. The van der Waals surface area contributed by atoms with Crippen molar-refractivity contribution in [3.63, 3.8) is 0 Å². The molecule has 0 amide bonds. The molecule has 2 aromatic carbocycles. The molecule has 0 aliphatic carbocycles. The number of benzene rings is 2. The Labute approximate surface area is 108 Å². The van der Waals surface area contributed by atoms with Gasteiger partial charge in [-0.15, -0.1) is 0 Å². The molecule has 0 saturated heterocycles. The maximum Gasteiger partial charge on any atom is 0.119 e. The number of aryl methyl sites for hydroxylation is 1. The number of nitrogens with two attached hydrogens (primary N) is 1.